The molecule has 0 aliphatic carbocycles. The third-order valence-corrected chi connectivity index (χ3v) is 3.47. The second-order valence-electron chi connectivity index (χ2n) is 4.05. The van der Waals surface area contributed by atoms with Gasteiger partial charge < -0.3 is 9.88 Å². The summed E-state index contributed by atoms with van der Waals surface area (Å²) in [6.45, 7) is 3.50. The van der Waals surface area contributed by atoms with E-state index < -0.39 is 0 Å². The van der Waals surface area contributed by atoms with Crippen LogP contribution >= 0.6 is 11.3 Å². The maximum Gasteiger partial charge on any atom is 0.224 e. The van der Waals surface area contributed by atoms with Crippen molar-refractivity contribution < 1.29 is 4.79 Å². The van der Waals surface area contributed by atoms with Crippen LogP contribution in [0.15, 0.2) is 29.2 Å². The lowest BCUT2D eigenvalue weighted by Gasteiger charge is -2.07. The third kappa shape index (κ3) is 3.43. The fourth-order valence-corrected chi connectivity index (χ4v) is 2.48. The van der Waals surface area contributed by atoms with Crippen LogP contribution in [-0.2, 0) is 24.2 Å². The number of hydrogen-bond acceptors (Lipinski definition) is 3. The highest BCUT2D eigenvalue weighted by molar-refractivity contribution is 7.07. The Morgan fingerprint density at radius 3 is 3.17 bits per heavy atom. The molecule has 0 fully saturated rings. The van der Waals surface area contributed by atoms with Crippen LogP contribution in [0.4, 0.5) is 0 Å². The summed E-state index contributed by atoms with van der Waals surface area (Å²) in [5.74, 6) is 1.13. The van der Waals surface area contributed by atoms with Crippen LogP contribution in [0.3, 0.4) is 0 Å². The number of carbonyl (C=O) groups is 1. The van der Waals surface area contributed by atoms with Gasteiger partial charge in [0.2, 0.25) is 5.91 Å². The van der Waals surface area contributed by atoms with E-state index in [4.69, 9.17) is 0 Å². The van der Waals surface area contributed by atoms with Crippen LogP contribution in [0.1, 0.15) is 18.3 Å². The van der Waals surface area contributed by atoms with E-state index in [2.05, 4.69) is 21.8 Å². The van der Waals surface area contributed by atoms with Gasteiger partial charge in [-0.15, -0.1) is 0 Å². The molecular formula is C13H17N3OS. The van der Waals surface area contributed by atoms with Crippen molar-refractivity contribution in [2.75, 3.05) is 6.54 Å². The number of thiophene rings is 1. The van der Waals surface area contributed by atoms with Gasteiger partial charge in [0.05, 0.1) is 6.42 Å². The molecule has 0 unspecified atom stereocenters. The molecule has 1 amide bonds. The van der Waals surface area contributed by atoms with Crippen LogP contribution in [0, 0.1) is 0 Å². The molecule has 2 aromatic rings. The smallest absolute Gasteiger partial charge is 0.224 e. The van der Waals surface area contributed by atoms with E-state index in [9.17, 15) is 4.79 Å². The van der Waals surface area contributed by atoms with Gasteiger partial charge in [-0.2, -0.15) is 11.3 Å². The number of nitrogens with zero attached hydrogens (tertiary/aromatic N) is 2. The van der Waals surface area contributed by atoms with E-state index in [0.29, 0.717) is 13.0 Å². The Hall–Kier alpha value is -1.62. The molecule has 1 N–H and O–H groups in total. The summed E-state index contributed by atoms with van der Waals surface area (Å²) in [6, 6.07) is 1.98. The second kappa shape index (κ2) is 6.35. The van der Waals surface area contributed by atoms with E-state index in [0.717, 1.165) is 24.4 Å². The number of carbonyl (C=O) groups excluding carboxylic acids is 1. The molecule has 0 bridgehead atoms. The lowest BCUT2D eigenvalue weighted by molar-refractivity contribution is -0.120. The number of imidazole rings is 1. The Labute approximate surface area is 111 Å². The van der Waals surface area contributed by atoms with Gasteiger partial charge in [-0.1, -0.05) is 6.92 Å². The highest BCUT2D eigenvalue weighted by atomic mass is 32.1. The van der Waals surface area contributed by atoms with Crippen LogP contribution in [0.25, 0.3) is 0 Å². The van der Waals surface area contributed by atoms with E-state index >= 15 is 0 Å². The number of aryl methyl sites for hydroxylation is 1. The predicted octanol–water partition coefficient (Wildman–Crippen LogP) is 1.87. The first-order valence-corrected chi connectivity index (χ1v) is 7.01. The number of nitrogens with one attached hydrogen (secondary N) is 1. The molecule has 0 spiro atoms. The van der Waals surface area contributed by atoms with Crippen molar-refractivity contribution in [3.05, 3.63) is 40.6 Å². The van der Waals surface area contributed by atoms with E-state index in [1.807, 2.05) is 23.0 Å². The predicted molar refractivity (Wildman–Crippen MR) is 72.6 cm³/mol. The van der Waals surface area contributed by atoms with Crippen molar-refractivity contribution in [1.29, 1.82) is 0 Å². The highest BCUT2D eigenvalue weighted by Gasteiger charge is 2.04. The van der Waals surface area contributed by atoms with Crippen LogP contribution in [-0.4, -0.2) is 22.0 Å². The molecule has 96 valence electrons. The summed E-state index contributed by atoms with van der Waals surface area (Å²) < 4.78 is 2.07. The average Bonchev–Trinajstić information content (AvgIpc) is 3.00. The standard InChI is InChI=1S/C13H17N3OS/c1-2-12-14-4-6-16(12)7-5-15-13(17)9-11-3-8-18-10-11/h3-4,6,8,10H,2,5,7,9H2,1H3,(H,15,17). The topological polar surface area (TPSA) is 46.9 Å². The number of amides is 1. The second-order valence-corrected chi connectivity index (χ2v) is 4.83. The molecule has 0 aliphatic heterocycles. The number of aromatic nitrogens is 2. The van der Waals surface area contributed by atoms with E-state index in [-0.39, 0.29) is 5.91 Å². The van der Waals surface area contributed by atoms with Gasteiger partial charge >= 0.3 is 0 Å². The lowest BCUT2D eigenvalue weighted by atomic mass is 10.2. The molecule has 2 heterocycles. The van der Waals surface area contributed by atoms with Crippen molar-refractivity contribution in [2.24, 2.45) is 0 Å². The van der Waals surface area contributed by atoms with Crippen molar-refractivity contribution in [3.8, 4) is 0 Å². The van der Waals surface area contributed by atoms with E-state index in [1.54, 1.807) is 17.5 Å². The van der Waals surface area contributed by atoms with Crippen LogP contribution < -0.4 is 5.32 Å². The summed E-state index contributed by atoms with van der Waals surface area (Å²) >= 11 is 1.62. The molecule has 0 aromatic carbocycles. The molecule has 5 heteroatoms. The summed E-state index contributed by atoms with van der Waals surface area (Å²) in [5, 5.41) is 6.92. The zero-order valence-electron chi connectivity index (χ0n) is 10.4. The summed E-state index contributed by atoms with van der Waals surface area (Å²) in [7, 11) is 0. The van der Waals surface area contributed by atoms with Crippen LogP contribution in [0.2, 0.25) is 0 Å². The largest absolute Gasteiger partial charge is 0.354 e. The Balaban J connectivity index is 1.73. The quantitative estimate of drug-likeness (QED) is 0.865. The molecule has 2 rings (SSSR count). The zero-order valence-corrected chi connectivity index (χ0v) is 11.2. The minimum Gasteiger partial charge on any atom is -0.354 e. The first kappa shape index (κ1) is 12.8. The average molecular weight is 263 g/mol. The number of hydrogen-bond donors (Lipinski definition) is 1. The van der Waals surface area contributed by atoms with Crippen molar-refractivity contribution >= 4 is 17.2 Å². The summed E-state index contributed by atoms with van der Waals surface area (Å²) in [6.07, 6.45) is 5.12. The highest BCUT2D eigenvalue weighted by Crippen LogP contribution is 2.06. The number of rotatable bonds is 6. The zero-order chi connectivity index (χ0) is 12.8. The van der Waals surface area contributed by atoms with Crippen molar-refractivity contribution in [1.82, 2.24) is 14.9 Å². The molecule has 0 radical (unpaired) electrons. The third-order valence-electron chi connectivity index (χ3n) is 2.74. The molecule has 18 heavy (non-hydrogen) atoms. The molecule has 0 saturated carbocycles. The monoisotopic (exact) mass is 263 g/mol. The Bertz CT molecular complexity index is 490. The van der Waals surface area contributed by atoms with Gasteiger partial charge in [0, 0.05) is 31.9 Å². The van der Waals surface area contributed by atoms with Crippen molar-refractivity contribution in [3.63, 3.8) is 0 Å². The maximum atomic E-state index is 11.7. The first-order chi connectivity index (χ1) is 8.79. The lowest BCUT2D eigenvalue weighted by Crippen LogP contribution is -2.28. The van der Waals surface area contributed by atoms with Crippen LogP contribution in [0.5, 0.6) is 0 Å². The van der Waals surface area contributed by atoms with Gasteiger partial charge in [0.25, 0.3) is 0 Å². The fourth-order valence-electron chi connectivity index (χ4n) is 1.81. The van der Waals surface area contributed by atoms with Gasteiger partial charge in [-0.25, -0.2) is 4.98 Å². The molecule has 2 aromatic heterocycles. The van der Waals surface area contributed by atoms with Gasteiger partial charge in [-0.05, 0) is 22.4 Å². The molecule has 0 atom stereocenters. The minimum atomic E-state index is 0.0755. The SMILES string of the molecule is CCc1nccn1CCNC(=O)Cc1ccsc1. The Morgan fingerprint density at radius 2 is 2.44 bits per heavy atom. The van der Waals surface area contributed by atoms with Gasteiger partial charge in [0.15, 0.2) is 0 Å². The van der Waals surface area contributed by atoms with Crippen molar-refractivity contribution in [2.45, 2.75) is 26.3 Å². The first-order valence-electron chi connectivity index (χ1n) is 6.07. The fraction of sp³-hybridized carbons (Fsp3) is 0.385. The Morgan fingerprint density at radius 1 is 1.56 bits per heavy atom. The summed E-state index contributed by atoms with van der Waals surface area (Å²) in [5.41, 5.74) is 1.08. The summed E-state index contributed by atoms with van der Waals surface area (Å²) in [4.78, 5) is 15.9. The normalized spacial score (nSPS) is 10.5. The van der Waals surface area contributed by atoms with E-state index in [1.165, 1.54) is 0 Å². The maximum absolute atomic E-state index is 11.7. The van der Waals surface area contributed by atoms with Gasteiger partial charge in [-0.3, -0.25) is 4.79 Å². The minimum absolute atomic E-state index is 0.0755. The Kier molecular flexibility index (Phi) is 4.52. The molecule has 0 saturated heterocycles. The molecule has 0 aliphatic rings. The molecular weight excluding hydrogens is 246 g/mol. The molecule has 4 nitrogen and oxygen atoms in total. The van der Waals surface area contributed by atoms with Gasteiger partial charge in [0.1, 0.15) is 5.82 Å².